The average Bonchev–Trinajstić information content (AvgIpc) is 2.17. The van der Waals surface area contributed by atoms with E-state index in [0.29, 0.717) is 5.84 Å². The summed E-state index contributed by atoms with van der Waals surface area (Å²) in [6.07, 6.45) is 2.00. The Bertz CT molecular complexity index is 442. The number of nitrogens with two attached hydrogens (primary N) is 1. The van der Waals surface area contributed by atoms with Crippen LogP contribution >= 0.6 is 0 Å². The Morgan fingerprint density at radius 1 is 1.53 bits per heavy atom. The van der Waals surface area contributed by atoms with Crippen molar-refractivity contribution in [2.75, 3.05) is 4.72 Å². The molecule has 1 aromatic carbocycles. The van der Waals surface area contributed by atoms with Gasteiger partial charge in [-0.1, -0.05) is 25.5 Å². The first kappa shape index (κ1) is 10.2. The van der Waals surface area contributed by atoms with Crippen LogP contribution in [0.15, 0.2) is 22.6 Å². The first-order valence-electron chi connectivity index (χ1n) is 4.87. The summed E-state index contributed by atoms with van der Waals surface area (Å²) < 4.78 is 17.9. The second-order valence-corrected chi connectivity index (χ2v) is 4.30. The highest BCUT2D eigenvalue weighted by molar-refractivity contribution is 7.85. The molecule has 0 aliphatic carbocycles. The predicted molar refractivity (Wildman–Crippen MR) is 62.9 cm³/mol. The van der Waals surface area contributed by atoms with Crippen LogP contribution in [-0.4, -0.2) is 10.0 Å². The van der Waals surface area contributed by atoms with Crippen molar-refractivity contribution in [2.24, 2.45) is 10.1 Å². The van der Waals surface area contributed by atoms with Crippen molar-refractivity contribution < 1.29 is 4.21 Å². The van der Waals surface area contributed by atoms with Crippen LogP contribution in [0.2, 0.25) is 0 Å². The van der Waals surface area contributed by atoms with Crippen molar-refractivity contribution >= 4 is 22.7 Å². The number of anilines is 1. The number of hydrogen-bond donors (Lipinski definition) is 2. The Labute approximate surface area is 91.3 Å². The second-order valence-electron chi connectivity index (χ2n) is 3.42. The van der Waals surface area contributed by atoms with Crippen molar-refractivity contribution in [3.05, 3.63) is 29.3 Å². The van der Waals surface area contributed by atoms with E-state index >= 15 is 0 Å². The topological polar surface area (TPSA) is 67.5 Å². The molecule has 1 unspecified atom stereocenters. The zero-order valence-electron chi connectivity index (χ0n) is 8.49. The molecule has 0 amide bonds. The van der Waals surface area contributed by atoms with Gasteiger partial charge in [-0.25, -0.2) is 4.21 Å². The van der Waals surface area contributed by atoms with Gasteiger partial charge in [-0.3, -0.25) is 4.72 Å². The maximum atomic E-state index is 11.2. The minimum absolute atomic E-state index is 0.367. The Morgan fingerprint density at radius 3 is 3.07 bits per heavy atom. The van der Waals surface area contributed by atoms with Crippen LogP contribution < -0.4 is 10.5 Å². The summed E-state index contributed by atoms with van der Waals surface area (Å²) in [4.78, 5) is 0. The van der Waals surface area contributed by atoms with E-state index in [1.54, 1.807) is 0 Å². The molecular formula is C10H13N3OS. The maximum Gasteiger partial charge on any atom is 0.244 e. The van der Waals surface area contributed by atoms with E-state index in [2.05, 4.69) is 16.0 Å². The normalized spacial score (nSPS) is 19.0. The largest absolute Gasteiger partial charge is 0.382 e. The van der Waals surface area contributed by atoms with Gasteiger partial charge in [-0.05, 0) is 18.1 Å². The molecule has 1 atom stereocenters. The van der Waals surface area contributed by atoms with Crippen molar-refractivity contribution in [3.8, 4) is 0 Å². The second kappa shape index (κ2) is 4.02. The van der Waals surface area contributed by atoms with Gasteiger partial charge in [0.2, 0.25) is 11.2 Å². The third kappa shape index (κ3) is 1.87. The molecule has 0 fully saturated rings. The molecule has 0 saturated heterocycles. The van der Waals surface area contributed by atoms with E-state index in [4.69, 9.17) is 5.73 Å². The molecule has 80 valence electrons. The Balaban J connectivity index is 2.53. The lowest BCUT2D eigenvalue weighted by molar-refractivity contribution is 0.687. The molecule has 0 spiro atoms. The Kier molecular flexibility index (Phi) is 2.73. The van der Waals surface area contributed by atoms with Crippen molar-refractivity contribution in [1.82, 2.24) is 0 Å². The number of hydrogen-bond acceptors (Lipinski definition) is 2. The number of rotatable bonds is 2. The van der Waals surface area contributed by atoms with E-state index < -0.39 is 11.2 Å². The average molecular weight is 223 g/mol. The SMILES string of the molecule is CCCc1cccc2c1C(N)=NS(=O)N2. The van der Waals surface area contributed by atoms with Gasteiger partial charge in [0.15, 0.2) is 0 Å². The van der Waals surface area contributed by atoms with Gasteiger partial charge >= 0.3 is 0 Å². The molecule has 3 N–H and O–H groups in total. The number of amidine groups is 1. The molecule has 1 heterocycles. The van der Waals surface area contributed by atoms with Crippen LogP contribution in [0.5, 0.6) is 0 Å². The van der Waals surface area contributed by atoms with Gasteiger partial charge in [0.1, 0.15) is 5.84 Å². The predicted octanol–water partition coefficient (Wildman–Crippen LogP) is 1.35. The molecular weight excluding hydrogens is 210 g/mol. The molecule has 1 aliphatic rings. The molecule has 4 nitrogen and oxygen atoms in total. The molecule has 0 bridgehead atoms. The molecule has 1 aromatic rings. The first-order chi connectivity index (χ1) is 7.22. The van der Waals surface area contributed by atoms with E-state index in [1.807, 2.05) is 18.2 Å². The lowest BCUT2D eigenvalue weighted by atomic mass is 10.0. The van der Waals surface area contributed by atoms with Gasteiger partial charge in [0, 0.05) is 5.56 Å². The summed E-state index contributed by atoms with van der Waals surface area (Å²) in [6, 6.07) is 5.83. The van der Waals surface area contributed by atoms with Crippen LogP contribution in [0.3, 0.4) is 0 Å². The quantitative estimate of drug-likeness (QED) is 0.794. The highest BCUT2D eigenvalue weighted by atomic mass is 32.2. The Morgan fingerprint density at radius 2 is 2.33 bits per heavy atom. The number of aryl methyl sites for hydroxylation is 1. The third-order valence-electron chi connectivity index (χ3n) is 2.30. The summed E-state index contributed by atoms with van der Waals surface area (Å²) >= 11 is -1.43. The zero-order valence-corrected chi connectivity index (χ0v) is 9.30. The molecule has 0 aromatic heterocycles. The molecule has 0 radical (unpaired) electrons. The maximum absolute atomic E-state index is 11.2. The molecule has 2 rings (SSSR count). The number of fused-ring (bicyclic) bond motifs is 1. The van der Waals surface area contributed by atoms with Crippen LogP contribution in [0.25, 0.3) is 0 Å². The highest BCUT2D eigenvalue weighted by Gasteiger charge is 2.18. The fourth-order valence-corrected chi connectivity index (χ4v) is 2.39. The summed E-state index contributed by atoms with van der Waals surface area (Å²) in [7, 11) is 0. The van der Waals surface area contributed by atoms with Gasteiger partial charge < -0.3 is 5.73 Å². The summed E-state index contributed by atoms with van der Waals surface area (Å²) in [6.45, 7) is 2.11. The molecule has 5 heteroatoms. The number of nitrogens with zero attached hydrogens (tertiary/aromatic N) is 1. The van der Waals surface area contributed by atoms with Crippen LogP contribution in [0, 0.1) is 0 Å². The van der Waals surface area contributed by atoms with Crippen molar-refractivity contribution in [3.63, 3.8) is 0 Å². The smallest absolute Gasteiger partial charge is 0.244 e. The molecule has 1 aliphatic heterocycles. The van der Waals surface area contributed by atoms with Gasteiger partial charge in [0.25, 0.3) is 0 Å². The van der Waals surface area contributed by atoms with E-state index in [-0.39, 0.29) is 0 Å². The standard InChI is InChI=1S/C10H13N3OS/c1-2-4-7-5-3-6-8-9(7)10(11)13-15(14)12-8/h3,5-6,12H,2,4H2,1H3,(H2,11,13). The fourth-order valence-electron chi connectivity index (χ4n) is 1.72. The highest BCUT2D eigenvalue weighted by Crippen LogP contribution is 2.24. The monoisotopic (exact) mass is 223 g/mol. The lowest BCUT2D eigenvalue weighted by Gasteiger charge is -2.17. The van der Waals surface area contributed by atoms with Gasteiger partial charge in [0.05, 0.1) is 5.69 Å². The summed E-state index contributed by atoms with van der Waals surface area (Å²) in [5.74, 6) is 0.367. The first-order valence-corrected chi connectivity index (χ1v) is 5.98. The summed E-state index contributed by atoms with van der Waals surface area (Å²) in [5, 5.41) is 0. The zero-order chi connectivity index (χ0) is 10.8. The summed E-state index contributed by atoms with van der Waals surface area (Å²) in [5.41, 5.74) is 8.65. The van der Waals surface area contributed by atoms with E-state index in [9.17, 15) is 4.21 Å². The number of benzene rings is 1. The minimum atomic E-state index is -1.43. The fraction of sp³-hybridized carbons (Fsp3) is 0.300. The van der Waals surface area contributed by atoms with Crippen LogP contribution in [0.4, 0.5) is 5.69 Å². The van der Waals surface area contributed by atoms with E-state index in [0.717, 1.165) is 29.7 Å². The lowest BCUT2D eigenvalue weighted by Crippen LogP contribution is -2.24. The Hall–Kier alpha value is -1.36. The number of nitrogens with one attached hydrogen (secondary N) is 1. The van der Waals surface area contributed by atoms with Gasteiger partial charge in [-0.15, -0.1) is 0 Å². The van der Waals surface area contributed by atoms with Crippen LogP contribution in [-0.2, 0) is 17.6 Å². The van der Waals surface area contributed by atoms with Crippen LogP contribution in [0.1, 0.15) is 24.5 Å². The van der Waals surface area contributed by atoms with Crippen molar-refractivity contribution in [1.29, 1.82) is 0 Å². The minimum Gasteiger partial charge on any atom is -0.382 e. The molecule has 0 saturated carbocycles. The third-order valence-corrected chi connectivity index (χ3v) is 3.06. The van der Waals surface area contributed by atoms with Gasteiger partial charge in [-0.2, -0.15) is 4.40 Å². The van der Waals surface area contributed by atoms with E-state index in [1.165, 1.54) is 0 Å². The molecule has 15 heavy (non-hydrogen) atoms. The van der Waals surface area contributed by atoms with Crippen molar-refractivity contribution in [2.45, 2.75) is 19.8 Å².